The van der Waals surface area contributed by atoms with Gasteiger partial charge in [0.15, 0.2) is 0 Å². The van der Waals surface area contributed by atoms with Crippen molar-refractivity contribution in [3.05, 3.63) is 0 Å². The number of nitrogens with zero attached hydrogens (tertiary/aromatic N) is 5. The van der Waals surface area contributed by atoms with E-state index in [1.54, 1.807) is 0 Å². The van der Waals surface area contributed by atoms with E-state index >= 15 is 0 Å². The molecule has 2 amide bonds. The van der Waals surface area contributed by atoms with Gasteiger partial charge in [-0.3, -0.25) is 24.3 Å². The zero-order valence-electron chi connectivity index (χ0n) is 35.6. The van der Waals surface area contributed by atoms with Crippen LogP contribution >= 0.6 is 0 Å². The van der Waals surface area contributed by atoms with Crippen molar-refractivity contribution in [2.75, 3.05) is 112 Å². The minimum absolute atomic E-state index is 0. The molecular weight excluding hydrogens is 1060 g/mol. The Balaban J connectivity index is -0.0000205. The van der Waals surface area contributed by atoms with Crippen molar-refractivity contribution >= 4 is 54.1 Å². The van der Waals surface area contributed by atoms with Gasteiger partial charge in [-0.15, -0.1) is 0 Å². The standard InChI is InChI=1S/C34H59N7O24.Gd.H2O/c42-16-22(46)33(60)31(58)20(44)9-37-64-18-29(56)62-7-1-35-24(48)11-40(14-27(52)53)5-3-39(13-26(50)51)4-6-41(15-28(54)55)12-25(49)36-2-8-63-30(57)19-65-38-10-21(45)32(59)34(61)23(47)17-43;;/h9-10,20-23,31-34,42-47,58-61H,1-8,11-19H2,(H,35,48)(H,36,49)(H,50,51)(H,52,53)(H,54,55);;1H2/q;+3;/p-3/b37-9-,38-10+;;/t20-,21-,22+,23+,31+,32+,33+,34+;;/m1../s1. The van der Waals surface area contributed by atoms with Crippen molar-refractivity contribution in [1.29, 1.82) is 0 Å². The normalized spacial score (nSPS) is 15.0. The van der Waals surface area contributed by atoms with Gasteiger partial charge in [-0.2, -0.15) is 0 Å². The fraction of sp³-hybridized carbons (Fsp3) is 0.735. The van der Waals surface area contributed by atoms with Gasteiger partial charge in [-0.1, -0.05) is 10.3 Å². The maximum absolute atomic E-state index is 12.5. The van der Waals surface area contributed by atoms with Crippen LogP contribution in [-0.2, 0) is 52.7 Å². The predicted molar refractivity (Wildman–Crippen MR) is 207 cm³/mol. The second-order valence-corrected chi connectivity index (χ2v) is 13.5. The molecule has 0 aromatic heterocycles. The Morgan fingerprint density at radius 1 is 0.522 bits per heavy atom. The zero-order valence-corrected chi connectivity index (χ0v) is 37.8. The van der Waals surface area contributed by atoms with Crippen LogP contribution in [0.2, 0.25) is 0 Å². The molecule has 14 N–H and O–H groups in total. The molecule has 67 heavy (non-hydrogen) atoms. The van der Waals surface area contributed by atoms with Crippen LogP contribution in [0.4, 0.5) is 0 Å². The van der Waals surface area contributed by atoms with Crippen molar-refractivity contribution in [3.63, 3.8) is 0 Å². The van der Waals surface area contributed by atoms with Crippen LogP contribution in [0, 0.1) is 39.9 Å². The SMILES string of the molecule is O.O=C([O-])CN(CCN(CC(=O)[O-])CC(=O)NCCOC(=O)CO/N=C\[C@@H](O)[C@H](O)[C@@H](O)[C@@H](O)CO)CCN(CC(=O)[O-])CC(=O)NCCOC(=O)CO/N=C/[C@@H](O)[C@H](O)[C@@H](O)[C@@H](O)CO.[Gd+3]. The molecule has 0 aliphatic rings. The van der Waals surface area contributed by atoms with Crippen LogP contribution in [0.1, 0.15) is 0 Å². The number of carboxylic acid groups (broad SMARTS) is 3. The molecular formula is C34H58GdN7O25. The minimum Gasteiger partial charge on any atom is -0.549 e. The van der Waals surface area contributed by atoms with E-state index in [0.717, 1.165) is 9.80 Å². The summed E-state index contributed by atoms with van der Waals surface area (Å²) >= 11 is 0. The van der Waals surface area contributed by atoms with Crippen LogP contribution in [0.25, 0.3) is 0 Å². The molecule has 0 aromatic carbocycles. The molecule has 0 saturated carbocycles. The third-order valence-corrected chi connectivity index (χ3v) is 8.14. The summed E-state index contributed by atoms with van der Waals surface area (Å²) < 4.78 is 9.62. The minimum atomic E-state index is -1.96. The average Bonchev–Trinajstić information content (AvgIpc) is 3.25. The number of carbonyl (C=O) groups is 7. The number of aliphatic carboxylic acids is 3. The largest absolute Gasteiger partial charge is 3.00 e. The van der Waals surface area contributed by atoms with Gasteiger partial charge < -0.3 is 116 Å². The van der Waals surface area contributed by atoms with Crippen molar-refractivity contribution in [1.82, 2.24) is 25.3 Å². The number of carbonyl (C=O) groups excluding carboxylic acids is 7. The summed E-state index contributed by atoms with van der Waals surface area (Å²) in [5, 5.41) is 139. The number of esters is 2. The molecule has 0 heterocycles. The summed E-state index contributed by atoms with van der Waals surface area (Å²) in [5.74, 6) is -8.30. The molecule has 387 valence electrons. The molecule has 0 spiro atoms. The van der Waals surface area contributed by atoms with Crippen LogP contribution in [-0.4, -0.2) is 286 Å². The zero-order chi connectivity index (χ0) is 49.5. The molecule has 1 radical (unpaired) electrons. The van der Waals surface area contributed by atoms with E-state index in [2.05, 4.69) is 30.6 Å². The molecule has 0 aliphatic carbocycles. The van der Waals surface area contributed by atoms with Gasteiger partial charge in [-0.05, 0) is 0 Å². The monoisotopic (exact) mass is 1120 g/mol. The summed E-state index contributed by atoms with van der Waals surface area (Å²) in [5.41, 5.74) is 0. The summed E-state index contributed by atoms with van der Waals surface area (Å²) in [6, 6.07) is 0. The molecule has 0 fully saturated rings. The molecule has 0 aliphatic heterocycles. The number of oxime groups is 2. The van der Waals surface area contributed by atoms with Gasteiger partial charge in [0.1, 0.15) is 62.0 Å². The van der Waals surface area contributed by atoms with E-state index in [1.165, 1.54) is 4.90 Å². The maximum Gasteiger partial charge on any atom is 3.00 e. The van der Waals surface area contributed by atoms with Gasteiger partial charge in [0.25, 0.3) is 0 Å². The molecule has 0 rings (SSSR count). The van der Waals surface area contributed by atoms with Crippen molar-refractivity contribution in [2.45, 2.75) is 48.8 Å². The van der Waals surface area contributed by atoms with E-state index in [9.17, 15) is 89.7 Å². The molecule has 0 unspecified atom stereocenters. The number of hydrogen-bond donors (Lipinski definition) is 12. The first-order valence-electron chi connectivity index (χ1n) is 19.2. The number of hydrogen-bond acceptors (Lipinski definition) is 29. The second kappa shape index (κ2) is 38.9. The molecule has 0 saturated heterocycles. The third kappa shape index (κ3) is 33.2. The predicted octanol–water partition coefficient (Wildman–Crippen LogP) is -15.5. The van der Waals surface area contributed by atoms with E-state index in [0.29, 0.717) is 12.4 Å². The number of aliphatic hydroxyl groups is 10. The first-order valence-corrected chi connectivity index (χ1v) is 19.2. The Kier molecular flexibility index (Phi) is 39.1. The van der Waals surface area contributed by atoms with Gasteiger partial charge in [0.05, 0.1) is 69.7 Å². The van der Waals surface area contributed by atoms with E-state index in [1.807, 2.05) is 0 Å². The van der Waals surface area contributed by atoms with Crippen LogP contribution < -0.4 is 26.0 Å². The Hall–Kier alpha value is -4.01. The fourth-order valence-corrected chi connectivity index (χ4v) is 4.77. The number of ether oxygens (including phenoxy) is 2. The Bertz CT molecular complexity index is 1420. The van der Waals surface area contributed by atoms with Gasteiger partial charge in [-0.25, -0.2) is 9.59 Å². The summed E-state index contributed by atoms with van der Waals surface area (Å²) in [6.45, 7) is -9.16. The van der Waals surface area contributed by atoms with Gasteiger partial charge in [0.2, 0.25) is 25.0 Å². The quantitative estimate of drug-likeness (QED) is 0.0118. The van der Waals surface area contributed by atoms with E-state index in [4.69, 9.17) is 19.7 Å². The molecule has 0 aromatic rings. The van der Waals surface area contributed by atoms with Crippen LogP contribution in [0.15, 0.2) is 10.3 Å². The van der Waals surface area contributed by atoms with Crippen molar-refractivity contribution in [3.8, 4) is 0 Å². The summed E-state index contributed by atoms with van der Waals surface area (Å²) in [7, 11) is 0. The number of aliphatic hydroxyl groups excluding tert-OH is 10. The molecule has 8 atom stereocenters. The Morgan fingerprint density at radius 2 is 0.836 bits per heavy atom. The van der Waals surface area contributed by atoms with Crippen molar-refractivity contribution in [2.24, 2.45) is 10.3 Å². The maximum atomic E-state index is 12.5. The first-order chi connectivity index (χ1) is 30.6. The second-order valence-electron chi connectivity index (χ2n) is 13.5. The van der Waals surface area contributed by atoms with E-state index < -0.39 is 163 Å². The molecule has 32 nitrogen and oxygen atoms in total. The van der Waals surface area contributed by atoms with Crippen molar-refractivity contribution < 1.29 is 165 Å². The summed E-state index contributed by atoms with van der Waals surface area (Å²) in [4.78, 5) is 95.3. The fourth-order valence-electron chi connectivity index (χ4n) is 4.77. The third-order valence-electron chi connectivity index (χ3n) is 8.14. The Morgan fingerprint density at radius 3 is 1.15 bits per heavy atom. The smallest absolute Gasteiger partial charge is 0.549 e. The number of amides is 2. The van der Waals surface area contributed by atoms with Crippen LogP contribution in [0.3, 0.4) is 0 Å². The van der Waals surface area contributed by atoms with Gasteiger partial charge >= 0.3 is 51.9 Å². The van der Waals surface area contributed by atoms with Crippen LogP contribution in [0.5, 0.6) is 0 Å². The topological polar surface area (TPSA) is 518 Å². The first kappa shape index (κ1) is 67.3. The number of rotatable bonds is 38. The number of carboxylic acids is 3. The van der Waals surface area contributed by atoms with E-state index in [-0.39, 0.29) is 84.7 Å². The Labute approximate surface area is 412 Å². The summed E-state index contributed by atoms with van der Waals surface area (Å²) in [6.07, 6.45) is -13.8. The molecule has 0 bridgehead atoms. The van der Waals surface area contributed by atoms with Gasteiger partial charge in [0, 0.05) is 45.8 Å². The molecule has 33 heteroatoms. The number of nitrogens with one attached hydrogen (secondary N) is 2. The average molecular weight is 1120 g/mol.